The third kappa shape index (κ3) is 2.09. The minimum atomic E-state index is -0.247. The van der Waals surface area contributed by atoms with Crippen LogP contribution in [0, 0.1) is 0 Å². The number of rotatable bonds is 3. The molecule has 0 bridgehead atoms. The Morgan fingerprint density at radius 1 is 1.29 bits per heavy atom. The first-order valence-corrected chi connectivity index (χ1v) is 5.65. The molecular weight excluding hydrogens is 261 g/mol. The molecule has 1 heterocycles. The van der Waals surface area contributed by atoms with E-state index in [0.717, 1.165) is 6.29 Å². The lowest BCUT2D eigenvalue weighted by atomic mass is 10.2. The van der Waals surface area contributed by atoms with Gasteiger partial charge >= 0.3 is 0 Å². The molecule has 17 heavy (non-hydrogen) atoms. The van der Waals surface area contributed by atoms with Crippen molar-refractivity contribution in [2.24, 2.45) is 0 Å². The van der Waals surface area contributed by atoms with E-state index in [2.05, 4.69) is 0 Å². The van der Waals surface area contributed by atoms with Crippen LogP contribution in [-0.2, 0) is 6.61 Å². The van der Waals surface area contributed by atoms with Crippen LogP contribution in [0.2, 0.25) is 10.0 Å². The molecule has 0 fully saturated rings. The highest BCUT2D eigenvalue weighted by Gasteiger charge is 2.12. The number of aromatic nitrogens is 1. The van der Waals surface area contributed by atoms with Crippen molar-refractivity contribution in [3.05, 3.63) is 51.8 Å². The molecule has 3 nitrogen and oxygen atoms in total. The number of halogens is 2. The van der Waals surface area contributed by atoms with Crippen molar-refractivity contribution in [1.29, 1.82) is 0 Å². The Morgan fingerprint density at radius 3 is 2.71 bits per heavy atom. The first-order valence-electron chi connectivity index (χ1n) is 4.89. The predicted octanol–water partition coefficient (Wildman–Crippen LogP) is 3.09. The molecule has 0 unspecified atom stereocenters. The second-order valence-electron chi connectivity index (χ2n) is 3.44. The van der Waals surface area contributed by atoms with Crippen molar-refractivity contribution in [1.82, 2.24) is 4.57 Å². The number of nitrogens with zero attached hydrogens (tertiary/aromatic N) is 1. The van der Waals surface area contributed by atoms with E-state index in [-0.39, 0.29) is 6.61 Å². The first kappa shape index (κ1) is 12.2. The lowest BCUT2D eigenvalue weighted by Gasteiger charge is -2.12. The van der Waals surface area contributed by atoms with Crippen LogP contribution in [0.1, 0.15) is 16.1 Å². The maximum Gasteiger partial charge on any atom is 0.166 e. The summed E-state index contributed by atoms with van der Waals surface area (Å²) in [5, 5.41) is 9.95. The number of carbonyl (C=O) groups excluding carboxylic acids is 1. The van der Waals surface area contributed by atoms with Crippen molar-refractivity contribution < 1.29 is 9.90 Å². The molecule has 2 aromatic rings. The van der Waals surface area contributed by atoms with Gasteiger partial charge in [-0.25, -0.2) is 0 Å². The summed E-state index contributed by atoms with van der Waals surface area (Å²) in [7, 11) is 0. The Labute approximate surface area is 108 Å². The summed E-state index contributed by atoms with van der Waals surface area (Å²) in [6.45, 7) is -0.247. The summed E-state index contributed by atoms with van der Waals surface area (Å²) >= 11 is 12.1. The third-order valence-electron chi connectivity index (χ3n) is 2.48. The number of hydrogen-bond acceptors (Lipinski definition) is 2. The highest BCUT2D eigenvalue weighted by molar-refractivity contribution is 6.37. The highest BCUT2D eigenvalue weighted by Crippen LogP contribution is 2.31. The van der Waals surface area contributed by atoms with Crippen molar-refractivity contribution in [3.8, 4) is 5.69 Å². The molecule has 0 atom stereocenters. The zero-order chi connectivity index (χ0) is 12.4. The Hall–Kier alpha value is -1.29. The molecule has 0 saturated carbocycles. The number of aldehydes is 1. The maximum absolute atomic E-state index is 10.9. The quantitative estimate of drug-likeness (QED) is 0.871. The largest absolute Gasteiger partial charge is 0.392 e. The lowest BCUT2D eigenvalue weighted by molar-refractivity contribution is 0.111. The average molecular weight is 270 g/mol. The van der Waals surface area contributed by atoms with E-state index in [1.54, 1.807) is 35.0 Å². The van der Waals surface area contributed by atoms with Crippen molar-refractivity contribution in [2.75, 3.05) is 0 Å². The van der Waals surface area contributed by atoms with Gasteiger partial charge in [0, 0.05) is 16.8 Å². The molecule has 0 saturated heterocycles. The van der Waals surface area contributed by atoms with E-state index < -0.39 is 0 Å². The smallest absolute Gasteiger partial charge is 0.166 e. The van der Waals surface area contributed by atoms with Crippen LogP contribution in [-0.4, -0.2) is 16.0 Å². The molecule has 0 spiro atoms. The third-order valence-corrected chi connectivity index (χ3v) is 3.26. The van der Waals surface area contributed by atoms with Gasteiger partial charge in [0.25, 0.3) is 0 Å². The van der Waals surface area contributed by atoms with Gasteiger partial charge < -0.3 is 9.67 Å². The molecule has 2 rings (SSSR count). The van der Waals surface area contributed by atoms with Gasteiger partial charge in [-0.05, 0) is 24.3 Å². The minimum absolute atomic E-state index is 0.247. The lowest BCUT2D eigenvalue weighted by Crippen LogP contribution is -2.00. The maximum atomic E-state index is 10.9. The fraction of sp³-hybridized carbons (Fsp3) is 0.0833. The zero-order valence-corrected chi connectivity index (χ0v) is 10.2. The van der Waals surface area contributed by atoms with Gasteiger partial charge in [0.1, 0.15) is 0 Å². The molecule has 0 radical (unpaired) electrons. The normalized spacial score (nSPS) is 10.5. The molecule has 1 aromatic heterocycles. The van der Waals surface area contributed by atoms with Crippen LogP contribution in [0.5, 0.6) is 0 Å². The van der Waals surface area contributed by atoms with E-state index in [0.29, 0.717) is 27.0 Å². The van der Waals surface area contributed by atoms with E-state index >= 15 is 0 Å². The molecule has 1 aromatic carbocycles. The topological polar surface area (TPSA) is 42.2 Å². The van der Waals surface area contributed by atoms with Crippen LogP contribution >= 0.6 is 23.2 Å². The molecule has 88 valence electrons. The standard InChI is InChI=1S/C12H9Cl2NO2/c13-10-3-4-11(12(14)9(10)7-17)15-5-1-2-8(15)6-16/h1-6,17H,7H2. The van der Waals surface area contributed by atoms with Gasteiger partial charge in [-0.1, -0.05) is 23.2 Å². The monoisotopic (exact) mass is 269 g/mol. The van der Waals surface area contributed by atoms with Crippen molar-refractivity contribution >= 4 is 29.5 Å². The Bertz CT molecular complexity index is 564. The highest BCUT2D eigenvalue weighted by atomic mass is 35.5. The van der Waals surface area contributed by atoms with Crippen LogP contribution < -0.4 is 0 Å². The number of carbonyl (C=O) groups is 1. The zero-order valence-electron chi connectivity index (χ0n) is 8.73. The van der Waals surface area contributed by atoms with Gasteiger partial charge in [0.15, 0.2) is 6.29 Å². The number of hydrogen-bond donors (Lipinski definition) is 1. The van der Waals surface area contributed by atoms with Gasteiger partial charge in [0.05, 0.1) is 23.0 Å². The Kier molecular flexibility index (Phi) is 3.52. The van der Waals surface area contributed by atoms with Crippen LogP contribution in [0.25, 0.3) is 5.69 Å². The molecule has 0 aliphatic rings. The Morgan fingerprint density at radius 2 is 2.06 bits per heavy atom. The van der Waals surface area contributed by atoms with Gasteiger partial charge in [-0.3, -0.25) is 4.79 Å². The number of benzene rings is 1. The SMILES string of the molecule is O=Cc1cccn1-c1ccc(Cl)c(CO)c1Cl. The molecule has 0 amide bonds. The van der Waals surface area contributed by atoms with Gasteiger partial charge in [0.2, 0.25) is 0 Å². The van der Waals surface area contributed by atoms with E-state index in [4.69, 9.17) is 23.2 Å². The number of aliphatic hydroxyl groups excluding tert-OH is 1. The molecule has 1 N–H and O–H groups in total. The molecule has 0 aliphatic heterocycles. The predicted molar refractivity (Wildman–Crippen MR) is 67.1 cm³/mol. The number of aliphatic hydroxyl groups is 1. The first-order chi connectivity index (χ1) is 8.19. The average Bonchev–Trinajstić information content (AvgIpc) is 2.78. The summed E-state index contributed by atoms with van der Waals surface area (Å²) in [5.74, 6) is 0. The van der Waals surface area contributed by atoms with Gasteiger partial charge in [-0.2, -0.15) is 0 Å². The van der Waals surface area contributed by atoms with Crippen molar-refractivity contribution in [2.45, 2.75) is 6.61 Å². The van der Waals surface area contributed by atoms with Gasteiger partial charge in [-0.15, -0.1) is 0 Å². The van der Waals surface area contributed by atoms with Crippen LogP contribution in [0.15, 0.2) is 30.5 Å². The summed E-state index contributed by atoms with van der Waals surface area (Å²) in [4.78, 5) is 10.9. The van der Waals surface area contributed by atoms with Crippen LogP contribution in [0.3, 0.4) is 0 Å². The Balaban J connectivity index is 2.65. The summed E-state index contributed by atoms with van der Waals surface area (Å²) in [5.41, 5.74) is 1.56. The molecule has 5 heteroatoms. The summed E-state index contributed by atoms with van der Waals surface area (Å²) in [6.07, 6.45) is 2.46. The van der Waals surface area contributed by atoms with E-state index in [1.165, 1.54) is 0 Å². The van der Waals surface area contributed by atoms with Crippen LogP contribution in [0.4, 0.5) is 0 Å². The second kappa shape index (κ2) is 4.92. The summed E-state index contributed by atoms with van der Waals surface area (Å²) in [6, 6.07) is 6.77. The van der Waals surface area contributed by atoms with E-state index in [9.17, 15) is 9.90 Å². The fourth-order valence-corrected chi connectivity index (χ4v) is 2.21. The fourth-order valence-electron chi connectivity index (χ4n) is 1.63. The molecular formula is C12H9Cl2NO2. The van der Waals surface area contributed by atoms with Crippen molar-refractivity contribution in [3.63, 3.8) is 0 Å². The van der Waals surface area contributed by atoms with E-state index in [1.807, 2.05) is 0 Å². The summed E-state index contributed by atoms with van der Waals surface area (Å²) < 4.78 is 1.64. The second-order valence-corrected chi connectivity index (χ2v) is 4.22. The molecule has 0 aliphatic carbocycles. The minimum Gasteiger partial charge on any atom is -0.392 e.